The zero-order valence-corrected chi connectivity index (χ0v) is 11.6. The van der Waals surface area contributed by atoms with Crippen molar-refractivity contribution in [3.05, 3.63) is 30.3 Å². The van der Waals surface area contributed by atoms with E-state index in [4.69, 9.17) is 4.74 Å². The molecule has 0 spiro atoms. The smallest absolute Gasteiger partial charge is 0.116 e. The molecule has 0 N–H and O–H groups in total. The molecule has 1 nitrogen and oxygen atoms in total. The van der Waals surface area contributed by atoms with Crippen LogP contribution in [0.2, 0.25) is 13.1 Å². The Labute approximate surface area is 99.8 Å². The van der Waals surface area contributed by atoms with Crippen LogP contribution >= 0.6 is 0 Å². The molecular formula is C14H22OSi. The molecule has 0 bridgehead atoms. The van der Waals surface area contributed by atoms with E-state index in [2.05, 4.69) is 50.3 Å². The third-order valence-corrected chi connectivity index (χ3v) is 7.41. The van der Waals surface area contributed by atoms with Crippen molar-refractivity contribution in [1.82, 2.24) is 0 Å². The fourth-order valence-corrected chi connectivity index (χ4v) is 5.43. The Bertz CT molecular complexity index is 334. The van der Waals surface area contributed by atoms with E-state index < -0.39 is 8.07 Å². The first-order chi connectivity index (χ1) is 7.66. The van der Waals surface area contributed by atoms with Crippen LogP contribution in [0.1, 0.15) is 26.2 Å². The maximum Gasteiger partial charge on any atom is 0.116 e. The molecule has 1 saturated heterocycles. The minimum absolute atomic E-state index is 0.557. The first-order valence-corrected chi connectivity index (χ1v) is 9.45. The molecule has 16 heavy (non-hydrogen) atoms. The van der Waals surface area contributed by atoms with Gasteiger partial charge in [-0.25, -0.2) is 0 Å². The van der Waals surface area contributed by atoms with E-state index in [1.165, 1.54) is 24.4 Å². The number of hydrogen-bond donors (Lipinski definition) is 0. The molecule has 2 atom stereocenters. The van der Waals surface area contributed by atoms with Crippen molar-refractivity contribution in [3.63, 3.8) is 0 Å². The Morgan fingerprint density at radius 2 is 1.88 bits per heavy atom. The molecule has 88 valence electrons. The summed E-state index contributed by atoms with van der Waals surface area (Å²) in [4.78, 5) is 0. The van der Waals surface area contributed by atoms with Crippen molar-refractivity contribution < 1.29 is 4.74 Å². The van der Waals surface area contributed by atoms with Gasteiger partial charge >= 0.3 is 0 Å². The van der Waals surface area contributed by atoms with Crippen molar-refractivity contribution >= 4 is 13.3 Å². The van der Waals surface area contributed by atoms with Gasteiger partial charge in [0.25, 0.3) is 0 Å². The fraction of sp³-hybridized carbons (Fsp3) is 0.571. The van der Waals surface area contributed by atoms with Gasteiger partial charge in [0, 0.05) is 0 Å². The molecule has 0 aliphatic carbocycles. The number of rotatable bonds is 5. The van der Waals surface area contributed by atoms with E-state index in [9.17, 15) is 0 Å². The minimum Gasteiger partial charge on any atom is -0.373 e. The van der Waals surface area contributed by atoms with Crippen molar-refractivity contribution in [2.75, 3.05) is 0 Å². The predicted octanol–water partition coefficient (Wildman–Crippen LogP) is 3.10. The van der Waals surface area contributed by atoms with Crippen molar-refractivity contribution in [1.29, 1.82) is 0 Å². The van der Waals surface area contributed by atoms with E-state index >= 15 is 0 Å². The molecule has 0 unspecified atom stereocenters. The Morgan fingerprint density at radius 1 is 1.19 bits per heavy atom. The van der Waals surface area contributed by atoms with Crippen LogP contribution in [0.15, 0.2) is 30.3 Å². The van der Waals surface area contributed by atoms with E-state index in [1.807, 2.05) is 0 Å². The summed E-state index contributed by atoms with van der Waals surface area (Å²) in [5, 5.41) is 1.53. The third kappa shape index (κ3) is 2.38. The highest BCUT2D eigenvalue weighted by atomic mass is 28.3. The van der Waals surface area contributed by atoms with Gasteiger partial charge in [0.05, 0.1) is 11.8 Å². The van der Waals surface area contributed by atoms with Crippen LogP contribution in [-0.2, 0) is 4.74 Å². The Hall–Kier alpha value is -0.603. The third-order valence-electron chi connectivity index (χ3n) is 3.65. The number of epoxide rings is 1. The second-order valence-electron chi connectivity index (χ2n) is 5.33. The van der Waals surface area contributed by atoms with Crippen molar-refractivity contribution in [2.24, 2.45) is 0 Å². The molecule has 0 saturated carbocycles. The maximum absolute atomic E-state index is 5.90. The zero-order chi connectivity index (χ0) is 11.6. The van der Waals surface area contributed by atoms with Crippen LogP contribution in [0.25, 0.3) is 0 Å². The largest absolute Gasteiger partial charge is 0.373 e. The van der Waals surface area contributed by atoms with E-state index in [-0.39, 0.29) is 0 Å². The van der Waals surface area contributed by atoms with Gasteiger partial charge in [0.2, 0.25) is 0 Å². The summed E-state index contributed by atoms with van der Waals surface area (Å²) >= 11 is 0. The normalized spacial score (nSPS) is 24.4. The Morgan fingerprint density at radius 3 is 2.50 bits per heavy atom. The second kappa shape index (κ2) is 4.72. The molecule has 1 aliphatic rings. The van der Waals surface area contributed by atoms with Crippen LogP contribution in [0.3, 0.4) is 0 Å². The molecule has 1 aliphatic heterocycles. The monoisotopic (exact) mass is 234 g/mol. The van der Waals surface area contributed by atoms with Gasteiger partial charge in [-0.15, -0.1) is 0 Å². The highest BCUT2D eigenvalue weighted by Gasteiger charge is 2.50. The maximum atomic E-state index is 5.90. The van der Waals surface area contributed by atoms with Gasteiger partial charge in [-0.3, -0.25) is 0 Å². The van der Waals surface area contributed by atoms with E-state index in [0.717, 1.165) is 0 Å². The summed E-state index contributed by atoms with van der Waals surface area (Å²) < 4.78 is 5.90. The summed E-state index contributed by atoms with van der Waals surface area (Å²) in [7, 11) is -1.38. The highest BCUT2D eigenvalue weighted by Crippen LogP contribution is 2.34. The Kier molecular flexibility index (Phi) is 3.50. The van der Waals surface area contributed by atoms with Crippen molar-refractivity contribution in [3.8, 4) is 0 Å². The minimum atomic E-state index is -1.38. The standard InChI is InChI=1S/C14H22OSi/c1-4-5-11-13-14(15-13)16(2,3)12-9-7-6-8-10-12/h6-10,13-14H,4-5,11H2,1-3H3/t13-,14-/m0/s1. The molecule has 1 aromatic carbocycles. The summed E-state index contributed by atoms with van der Waals surface area (Å²) in [6, 6.07) is 10.9. The lowest BCUT2D eigenvalue weighted by atomic mass is 10.2. The van der Waals surface area contributed by atoms with Crippen molar-refractivity contribution in [2.45, 2.75) is 51.1 Å². The van der Waals surface area contributed by atoms with Gasteiger partial charge < -0.3 is 4.74 Å². The lowest BCUT2D eigenvalue weighted by Gasteiger charge is -2.20. The lowest BCUT2D eigenvalue weighted by molar-refractivity contribution is 0.380. The lowest BCUT2D eigenvalue weighted by Crippen LogP contribution is -2.48. The fourth-order valence-electron chi connectivity index (χ4n) is 2.43. The molecule has 0 aromatic heterocycles. The highest BCUT2D eigenvalue weighted by molar-refractivity contribution is 6.91. The van der Waals surface area contributed by atoms with Crippen LogP contribution in [0.5, 0.6) is 0 Å². The van der Waals surface area contributed by atoms with E-state index in [1.54, 1.807) is 0 Å². The predicted molar refractivity (Wildman–Crippen MR) is 71.7 cm³/mol. The SMILES string of the molecule is CCCC[C@@H]1O[C@H]1[Si](C)(C)c1ccccc1. The molecule has 1 fully saturated rings. The molecule has 2 rings (SSSR count). The topological polar surface area (TPSA) is 12.5 Å². The van der Waals surface area contributed by atoms with Crippen LogP contribution in [-0.4, -0.2) is 19.9 Å². The van der Waals surface area contributed by atoms with Gasteiger partial charge in [0.1, 0.15) is 8.07 Å². The van der Waals surface area contributed by atoms with Crippen LogP contribution in [0, 0.1) is 0 Å². The molecule has 0 radical (unpaired) electrons. The van der Waals surface area contributed by atoms with Gasteiger partial charge in [-0.2, -0.15) is 0 Å². The number of benzene rings is 1. The Balaban J connectivity index is 1.99. The average Bonchev–Trinajstić information content (AvgIpc) is 3.07. The average molecular weight is 234 g/mol. The molecule has 0 amide bonds. The molecule has 2 heteroatoms. The summed E-state index contributed by atoms with van der Waals surface area (Å²) in [6.07, 6.45) is 4.40. The molecule has 1 aromatic rings. The van der Waals surface area contributed by atoms with Gasteiger partial charge in [-0.1, -0.05) is 68.4 Å². The number of ether oxygens (including phenoxy) is 1. The second-order valence-corrected chi connectivity index (χ2v) is 9.91. The summed E-state index contributed by atoms with van der Waals surface area (Å²) in [6.45, 7) is 7.11. The first kappa shape index (κ1) is 11.9. The van der Waals surface area contributed by atoms with Gasteiger partial charge in [-0.05, 0) is 6.42 Å². The summed E-state index contributed by atoms with van der Waals surface area (Å²) in [5.74, 6) is 0. The quantitative estimate of drug-likeness (QED) is 0.563. The van der Waals surface area contributed by atoms with Gasteiger partial charge in [0.15, 0.2) is 0 Å². The summed E-state index contributed by atoms with van der Waals surface area (Å²) in [5.41, 5.74) is 0.557. The zero-order valence-electron chi connectivity index (χ0n) is 10.6. The first-order valence-electron chi connectivity index (χ1n) is 6.37. The van der Waals surface area contributed by atoms with Crippen LogP contribution in [0.4, 0.5) is 0 Å². The van der Waals surface area contributed by atoms with Crippen LogP contribution < -0.4 is 5.19 Å². The van der Waals surface area contributed by atoms with E-state index in [0.29, 0.717) is 11.8 Å². The number of hydrogen-bond acceptors (Lipinski definition) is 1. The molecule has 1 heterocycles. The molecular weight excluding hydrogens is 212 g/mol. The number of unbranched alkanes of at least 4 members (excludes halogenated alkanes) is 1.